The Hall–Kier alpha value is -3.35. The SMILES string of the molecule is CNC(=O)c1ccc(CNC(=O)CCCOc2ccc(C(C)=O)cc2OC)cc1. The Morgan fingerprint density at radius 1 is 0.966 bits per heavy atom. The zero-order chi connectivity index (χ0) is 21.2. The molecule has 0 fully saturated rings. The molecule has 2 N–H and O–H groups in total. The molecule has 29 heavy (non-hydrogen) atoms. The molecule has 0 unspecified atom stereocenters. The number of hydrogen-bond acceptors (Lipinski definition) is 5. The molecule has 2 aromatic rings. The van der Waals surface area contributed by atoms with Gasteiger partial charge in [0, 0.05) is 31.1 Å². The number of ether oxygens (including phenoxy) is 2. The van der Waals surface area contributed by atoms with Crippen molar-refractivity contribution in [3.05, 3.63) is 59.2 Å². The van der Waals surface area contributed by atoms with E-state index in [0.29, 0.717) is 48.6 Å². The van der Waals surface area contributed by atoms with Crippen molar-refractivity contribution in [1.29, 1.82) is 0 Å². The van der Waals surface area contributed by atoms with Crippen LogP contribution < -0.4 is 20.1 Å². The van der Waals surface area contributed by atoms with E-state index < -0.39 is 0 Å². The minimum absolute atomic E-state index is 0.0465. The second-order valence-electron chi connectivity index (χ2n) is 6.43. The summed E-state index contributed by atoms with van der Waals surface area (Å²) in [5.74, 6) is 0.752. The van der Waals surface area contributed by atoms with Gasteiger partial charge < -0.3 is 20.1 Å². The molecule has 0 radical (unpaired) electrons. The fourth-order valence-corrected chi connectivity index (χ4v) is 2.63. The lowest BCUT2D eigenvalue weighted by atomic mass is 10.1. The van der Waals surface area contributed by atoms with Crippen LogP contribution in [-0.4, -0.2) is 38.4 Å². The molecule has 0 atom stereocenters. The molecular formula is C22H26N2O5. The molecule has 0 aliphatic carbocycles. The highest BCUT2D eigenvalue weighted by Gasteiger charge is 2.09. The van der Waals surface area contributed by atoms with Crippen molar-refractivity contribution in [1.82, 2.24) is 10.6 Å². The highest BCUT2D eigenvalue weighted by atomic mass is 16.5. The van der Waals surface area contributed by atoms with Gasteiger partial charge in [-0.25, -0.2) is 0 Å². The summed E-state index contributed by atoms with van der Waals surface area (Å²) in [7, 11) is 3.10. The van der Waals surface area contributed by atoms with Crippen LogP contribution in [0.1, 0.15) is 46.0 Å². The van der Waals surface area contributed by atoms with Crippen molar-refractivity contribution in [2.45, 2.75) is 26.3 Å². The molecule has 0 saturated heterocycles. The summed E-state index contributed by atoms with van der Waals surface area (Å²) < 4.78 is 10.9. The Morgan fingerprint density at radius 2 is 1.66 bits per heavy atom. The van der Waals surface area contributed by atoms with Crippen LogP contribution in [-0.2, 0) is 11.3 Å². The quantitative estimate of drug-likeness (QED) is 0.474. The zero-order valence-electron chi connectivity index (χ0n) is 16.9. The first kappa shape index (κ1) is 21.9. The summed E-state index contributed by atoms with van der Waals surface area (Å²) in [4.78, 5) is 34.9. The molecule has 2 rings (SSSR count). The van der Waals surface area contributed by atoms with E-state index in [0.717, 1.165) is 5.56 Å². The van der Waals surface area contributed by atoms with Gasteiger partial charge in [-0.05, 0) is 49.2 Å². The lowest BCUT2D eigenvalue weighted by molar-refractivity contribution is -0.121. The molecule has 0 aromatic heterocycles. The third-order valence-corrected chi connectivity index (χ3v) is 4.31. The van der Waals surface area contributed by atoms with Gasteiger partial charge in [-0.2, -0.15) is 0 Å². The van der Waals surface area contributed by atoms with E-state index in [1.165, 1.54) is 14.0 Å². The van der Waals surface area contributed by atoms with Gasteiger partial charge in [-0.3, -0.25) is 14.4 Å². The number of methoxy groups -OCH3 is 1. The molecule has 154 valence electrons. The number of nitrogens with one attached hydrogen (secondary N) is 2. The van der Waals surface area contributed by atoms with Gasteiger partial charge in [0.15, 0.2) is 17.3 Å². The van der Waals surface area contributed by atoms with Crippen LogP contribution in [0, 0.1) is 0 Å². The lowest BCUT2D eigenvalue weighted by Crippen LogP contribution is -2.23. The Bertz CT molecular complexity index is 862. The second-order valence-corrected chi connectivity index (χ2v) is 6.43. The first-order valence-corrected chi connectivity index (χ1v) is 9.34. The van der Waals surface area contributed by atoms with E-state index in [1.807, 2.05) is 12.1 Å². The summed E-state index contributed by atoms with van der Waals surface area (Å²) >= 11 is 0. The minimum atomic E-state index is -0.145. The monoisotopic (exact) mass is 398 g/mol. The topological polar surface area (TPSA) is 93.7 Å². The number of benzene rings is 2. The molecule has 0 heterocycles. The first-order chi connectivity index (χ1) is 13.9. The van der Waals surface area contributed by atoms with Crippen LogP contribution in [0.4, 0.5) is 0 Å². The number of hydrogen-bond donors (Lipinski definition) is 2. The molecule has 0 aliphatic rings. The van der Waals surface area contributed by atoms with E-state index >= 15 is 0 Å². The number of rotatable bonds is 10. The van der Waals surface area contributed by atoms with Crippen LogP contribution in [0.15, 0.2) is 42.5 Å². The average Bonchev–Trinajstić information content (AvgIpc) is 2.74. The molecule has 0 spiro atoms. The molecule has 7 nitrogen and oxygen atoms in total. The van der Waals surface area contributed by atoms with Crippen LogP contribution in [0.25, 0.3) is 0 Å². The highest BCUT2D eigenvalue weighted by molar-refractivity contribution is 5.95. The average molecular weight is 398 g/mol. The van der Waals surface area contributed by atoms with Crippen molar-refractivity contribution in [2.24, 2.45) is 0 Å². The maximum Gasteiger partial charge on any atom is 0.251 e. The second kappa shape index (κ2) is 10.8. The number of Topliss-reactive ketones (excluding diaryl/α,β-unsaturated/α-hetero) is 1. The number of ketones is 1. The van der Waals surface area contributed by atoms with Gasteiger partial charge in [0.25, 0.3) is 5.91 Å². The van der Waals surface area contributed by atoms with Gasteiger partial charge in [0.2, 0.25) is 5.91 Å². The van der Waals surface area contributed by atoms with Crippen LogP contribution in [0.2, 0.25) is 0 Å². The molecule has 0 aliphatic heterocycles. The van der Waals surface area contributed by atoms with Crippen LogP contribution in [0.5, 0.6) is 11.5 Å². The fraction of sp³-hybridized carbons (Fsp3) is 0.318. The highest BCUT2D eigenvalue weighted by Crippen LogP contribution is 2.28. The van der Waals surface area contributed by atoms with Crippen molar-refractivity contribution in [3.63, 3.8) is 0 Å². The molecule has 0 bridgehead atoms. The molecule has 0 saturated carbocycles. The normalized spacial score (nSPS) is 10.2. The maximum absolute atomic E-state index is 12.0. The molecular weight excluding hydrogens is 372 g/mol. The Morgan fingerprint density at radius 3 is 2.28 bits per heavy atom. The maximum atomic E-state index is 12.0. The summed E-state index contributed by atoms with van der Waals surface area (Å²) in [5, 5.41) is 5.41. The van der Waals surface area contributed by atoms with Crippen molar-refractivity contribution in [2.75, 3.05) is 20.8 Å². The number of carbonyl (C=O) groups is 3. The Balaban J connectivity index is 1.73. The molecule has 7 heteroatoms. The van der Waals surface area contributed by atoms with Crippen LogP contribution >= 0.6 is 0 Å². The zero-order valence-corrected chi connectivity index (χ0v) is 16.9. The predicted molar refractivity (Wildman–Crippen MR) is 109 cm³/mol. The number of amides is 2. The fourth-order valence-electron chi connectivity index (χ4n) is 2.63. The molecule has 2 amide bonds. The van der Waals surface area contributed by atoms with Gasteiger partial charge >= 0.3 is 0 Å². The van der Waals surface area contributed by atoms with Gasteiger partial charge in [0.05, 0.1) is 13.7 Å². The van der Waals surface area contributed by atoms with E-state index in [-0.39, 0.29) is 17.6 Å². The van der Waals surface area contributed by atoms with Crippen LogP contribution in [0.3, 0.4) is 0 Å². The smallest absolute Gasteiger partial charge is 0.251 e. The largest absolute Gasteiger partial charge is 0.493 e. The minimum Gasteiger partial charge on any atom is -0.493 e. The van der Waals surface area contributed by atoms with Gasteiger partial charge in [0.1, 0.15) is 0 Å². The van der Waals surface area contributed by atoms with E-state index in [9.17, 15) is 14.4 Å². The van der Waals surface area contributed by atoms with Crippen molar-refractivity contribution < 1.29 is 23.9 Å². The summed E-state index contributed by atoms with van der Waals surface area (Å²) in [5.41, 5.74) is 2.04. The first-order valence-electron chi connectivity index (χ1n) is 9.34. The molecule has 2 aromatic carbocycles. The lowest BCUT2D eigenvalue weighted by Gasteiger charge is -2.11. The van der Waals surface area contributed by atoms with Gasteiger partial charge in [-0.1, -0.05) is 12.1 Å². The third-order valence-electron chi connectivity index (χ3n) is 4.31. The Kier molecular flexibility index (Phi) is 8.21. The Labute approximate surface area is 170 Å². The predicted octanol–water partition coefficient (Wildman–Crippen LogP) is 2.73. The summed E-state index contributed by atoms with van der Waals surface area (Å²) in [6.45, 7) is 2.24. The summed E-state index contributed by atoms with van der Waals surface area (Å²) in [6, 6.07) is 12.1. The number of carbonyl (C=O) groups excluding carboxylic acids is 3. The van der Waals surface area contributed by atoms with E-state index in [4.69, 9.17) is 9.47 Å². The third kappa shape index (κ3) is 6.64. The summed E-state index contributed by atoms with van der Waals surface area (Å²) in [6.07, 6.45) is 0.864. The standard InChI is InChI=1S/C22H26N2O5/c1-15(25)18-10-11-19(20(13-18)28-3)29-12-4-5-21(26)24-14-16-6-8-17(9-7-16)22(27)23-2/h6-11,13H,4-5,12,14H2,1-3H3,(H,23,27)(H,24,26). The van der Waals surface area contributed by atoms with E-state index in [2.05, 4.69) is 10.6 Å². The van der Waals surface area contributed by atoms with Gasteiger partial charge in [-0.15, -0.1) is 0 Å². The van der Waals surface area contributed by atoms with E-state index in [1.54, 1.807) is 37.4 Å². The van der Waals surface area contributed by atoms with Crippen molar-refractivity contribution >= 4 is 17.6 Å². The van der Waals surface area contributed by atoms with Crippen molar-refractivity contribution in [3.8, 4) is 11.5 Å².